The number of sulfonamides is 1. The van der Waals surface area contributed by atoms with Crippen LogP contribution in [0.4, 0.5) is 15.9 Å². The van der Waals surface area contributed by atoms with E-state index in [2.05, 4.69) is 15.0 Å². The molecule has 0 unspecified atom stereocenters. The lowest BCUT2D eigenvalue weighted by atomic mass is 10.2. The molecule has 0 spiro atoms. The number of pyridine rings is 1. The first kappa shape index (κ1) is 18.5. The minimum atomic E-state index is -3.85. The Morgan fingerprint density at radius 1 is 1.00 bits per heavy atom. The minimum Gasteiger partial charge on any atom is -0.306 e. The number of rotatable bonds is 5. The fourth-order valence-electron chi connectivity index (χ4n) is 2.31. The van der Waals surface area contributed by atoms with Crippen LogP contribution in [0.1, 0.15) is 15.9 Å². The van der Waals surface area contributed by atoms with E-state index in [1.165, 1.54) is 36.4 Å². The number of benzene rings is 2. The Bertz CT molecular complexity index is 1070. The van der Waals surface area contributed by atoms with Gasteiger partial charge >= 0.3 is 0 Å². The Kier molecular flexibility index (Phi) is 5.18. The smallest absolute Gasteiger partial charge is 0.261 e. The average Bonchev–Trinajstić information content (AvgIpc) is 2.65. The van der Waals surface area contributed by atoms with Crippen LogP contribution in [0.15, 0.2) is 71.8 Å². The van der Waals surface area contributed by atoms with Gasteiger partial charge in [-0.2, -0.15) is 0 Å². The Morgan fingerprint density at radius 2 is 1.67 bits per heavy atom. The molecule has 0 radical (unpaired) electrons. The minimum absolute atomic E-state index is 0.0163. The van der Waals surface area contributed by atoms with Gasteiger partial charge in [0.15, 0.2) is 0 Å². The molecule has 0 aliphatic rings. The van der Waals surface area contributed by atoms with Crippen LogP contribution < -0.4 is 10.0 Å². The van der Waals surface area contributed by atoms with E-state index in [1.807, 2.05) is 13.0 Å². The second-order valence-corrected chi connectivity index (χ2v) is 7.44. The van der Waals surface area contributed by atoms with Gasteiger partial charge in [-0.25, -0.2) is 17.8 Å². The van der Waals surface area contributed by atoms with Crippen LogP contribution in [0.5, 0.6) is 0 Å². The molecule has 1 amide bonds. The summed E-state index contributed by atoms with van der Waals surface area (Å²) >= 11 is 0. The van der Waals surface area contributed by atoms with E-state index in [0.29, 0.717) is 11.4 Å². The molecule has 3 rings (SSSR count). The van der Waals surface area contributed by atoms with Gasteiger partial charge in [-0.15, -0.1) is 0 Å². The van der Waals surface area contributed by atoms with Crippen molar-refractivity contribution < 1.29 is 17.6 Å². The summed E-state index contributed by atoms with van der Waals surface area (Å²) in [6.07, 6.45) is 1.57. The summed E-state index contributed by atoms with van der Waals surface area (Å²) in [5.41, 5.74) is 1.35. The van der Waals surface area contributed by atoms with Crippen LogP contribution in [0.2, 0.25) is 0 Å². The summed E-state index contributed by atoms with van der Waals surface area (Å²) in [5.74, 6) is -0.416. The number of amides is 1. The van der Waals surface area contributed by atoms with Crippen LogP contribution >= 0.6 is 0 Å². The Morgan fingerprint density at radius 3 is 2.30 bits per heavy atom. The molecule has 0 aliphatic heterocycles. The SMILES string of the molecule is Cc1cccnc1NC(=O)c1ccc(S(=O)(=O)Nc2ccc(F)cc2)cc1. The molecule has 0 atom stereocenters. The van der Waals surface area contributed by atoms with Crippen LogP contribution in [0.3, 0.4) is 0 Å². The molecule has 0 fully saturated rings. The maximum absolute atomic E-state index is 12.9. The molecular weight excluding hydrogens is 369 g/mol. The fraction of sp³-hybridized carbons (Fsp3) is 0.0526. The third-order valence-electron chi connectivity index (χ3n) is 3.76. The number of carbonyl (C=O) groups is 1. The number of hydrogen-bond donors (Lipinski definition) is 2. The molecule has 2 N–H and O–H groups in total. The molecule has 3 aromatic rings. The average molecular weight is 385 g/mol. The Balaban J connectivity index is 1.75. The highest BCUT2D eigenvalue weighted by Crippen LogP contribution is 2.18. The van der Waals surface area contributed by atoms with Crippen molar-refractivity contribution in [2.45, 2.75) is 11.8 Å². The summed E-state index contributed by atoms with van der Waals surface area (Å²) in [6.45, 7) is 1.82. The first-order valence-corrected chi connectivity index (χ1v) is 9.45. The van der Waals surface area contributed by atoms with Crippen molar-refractivity contribution in [2.75, 3.05) is 10.0 Å². The van der Waals surface area contributed by atoms with Crippen molar-refractivity contribution >= 4 is 27.4 Å². The molecule has 1 heterocycles. The second kappa shape index (κ2) is 7.55. The zero-order valence-corrected chi connectivity index (χ0v) is 15.1. The second-order valence-electron chi connectivity index (χ2n) is 5.76. The van der Waals surface area contributed by atoms with Crippen molar-refractivity contribution in [2.24, 2.45) is 0 Å². The number of nitrogens with one attached hydrogen (secondary N) is 2. The molecule has 0 saturated carbocycles. The van der Waals surface area contributed by atoms with Gasteiger partial charge in [0, 0.05) is 17.4 Å². The first-order valence-electron chi connectivity index (χ1n) is 7.96. The van der Waals surface area contributed by atoms with Crippen molar-refractivity contribution in [3.05, 3.63) is 83.8 Å². The third-order valence-corrected chi connectivity index (χ3v) is 5.16. The summed E-state index contributed by atoms with van der Waals surface area (Å²) < 4.78 is 40.1. The normalized spacial score (nSPS) is 11.0. The zero-order valence-electron chi connectivity index (χ0n) is 14.3. The molecule has 8 heteroatoms. The van der Waals surface area contributed by atoms with E-state index in [1.54, 1.807) is 12.3 Å². The van der Waals surface area contributed by atoms with Gasteiger partial charge < -0.3 is 5.32 Å². The maximum Gasteiger partial charge on any atom is 0.261 e. The lowest BCUT2D eigenvalue weighted by molar-refractivity contribution is 0.102. The standard InChI is InChI=1S/C19H16FN3O3S/c1-13-3-2-12-21-18(13)22-19(24)14-4-10-17(11-5-14)27(25,26)23-16-8-6-15(20)7-9-16/h2-12,23H,1H3,(H,21,22,24). The number of nitrogens with zero attached hydrogens (tertiary/aromatic N) is 1. The third kappa shape index (κ3) is 4.48. The molecule has 2 aromatic carbocycles. The molecular formula is C19H16FN3O3S. The highest BCUT2D eigenvalue weighted by Gasteiger charge is 2.16. The Hall–Kier alpha value is -3.26. The molecule has 0 saturated heterocycles. The lowest BCUT2D eigenvalue weighted by Crippen LogP contribution is -2.15. The summed E-state index contributed by atoms with van der Waals surface area (Å²) in [4.78, 5) is 16.4. The fourth-order valence-corrected chi connectivity index (χ4v) is 3.37. The summed E-state index contributed by atoms with van der Waals surface area (Å²) in [6, 6.07) is 14.0. The van der Waals surface area contributed by atoms with E-state index >= 15 is 0 Å². The monoisotopic (exact) mass is 385 g/mol. The van der Waals surface area contributed by atoms with E-state index in [-0.39, 0.29) is 10.6 Å². The zero-order chi connectivity index (χ0) is 19.4. The van der Waals surface area contributed by atoms with Gasteiger partial charge in [-0.1, -0.05) is 6.07 Å². The van der Waals surface area contributed by atoms with Crippen molar-refractivity contribution in [1.29, 1.82) is 0 Å². The number of anilines is 2. The number of halogens is 1. The van der Waals surface area contributed by atoms with Crippen LogP contribution in [0, 0.1) is 12.7 Å². The first-order chi connectivity index (χ1) is 12.8. The molecule has 138 valence electrons. The quantitative estimate of drug-likeness (QED) is 0.703. The number of carbonyl (C=O) groups excluding carboxylic acids is 1. The van der Waals surface area contributed by atoms with E-state index in [9.17, 15) is 17.6 Å². The Labute approximate surface area is 156 Å². The largest absolute Gasteiger partial charge is 0.306 e. The van der Waals surface area contributed by atoms with Gasteiger partial charge in [0.2, 0.25) is 0 Å². The van der Waals surface area contributed by atoms with Crippen LogP contribution in [-0.4, -0.2) is 19.3 Å². The number of aryl methyl sites for hydroxylation is 1. The van der Waals surface area contributed by atoms with Crippen LogP contribution in [-0.2, 0) is 10.0 Å². The van der Waals surface area contributed by atoms with Gasteiger partial charge in [-0.05, 0) is 67.1 Å². The van der Waals surface area contributed by atoms with Crippen molar-refractivity contribution in [3.8, 4) is 0 Å². The molecule has 1 aromatic heterocycles. The van der Waals surface area contributed by atoms with E-state index in [0.717, 1.165) is 17.7 Å². The van der Waals surface area contributed by atoms with Crippen LogP contribution in [0.25, 0.3) is 0 Å². The highest BCUT2D eigenvalue weighted by molar-refractivity contribution is 7.92. The van der Waals surface area contributed by atoms with Gasteiger partial charge in [0.1, 0.15) is 11.6 Å². The summed E-state index contributed by atoms with van der Waals surface area (Å²) in [7, 11) is -3.85. The van der Waals surface area contributed by atoms with Crippen molar-refractivity contribution in [1.82, 2.24) is 4.98 Å². The predicted octanol–water partition coefficient (Wildman–Crippen LogP) is 3.58. The maximum atomic E-state index is 12.9. The predicted molar refractivity (Wildman–Crippen MR) is 101 cm³/mol. The highest BCUT2D eigenvalue weighted by atomic mass is 32.2. The van der Waals surface area contributed by atoms with E-state index < -0.39 is 21.7 Å². The molecule has 0 aliphatic carbocycles. The topological polar surface area (TPSA) is 88.2 Å². The van der Waals surface area contributed by atoms with Gasteiger partial charge in [-0.3, -0.25) is 9.52 Å². The number of aromatic nitrogens is 1. The molecule has 6 nitrogen and oxygen atoms in total. The van der Waals surface area contributed by atoms with Crippen molar-refractivity contribution in [3.63, 3.8) is 0 Å². The van der Waals surface area contributed by atoms with Gasteiger partial charge in [0.05, 0.1) is 4.90 Å². The summed E-state index contributed by atoms with van der Waals surface area (Å²) in [5, 5.41) is 2.68. The lowest BCUT2D eigenvalue weighted by Gasteiger charge is -2.09. The number of hydrogen-bond acceptors (Lipinski definition) is 4. The van der Waals surface area contributed by atoms with Gasteiger partial charge in [0.25, 0.3) is 15.9 Å². The molecule has 27 heavy (non-hydrogen) atoms. The van der Waals surface area contributed by atoms with E-state index in [4.69, 9.17) is 0 Å². The molecule has 0 bridgehead atoms.